The quantitative estimate of drug-likeness (QED) is 0.0424. The molecule has 7 rings (SSSR count). The number of piperazine rings is 1. The molecule has 0 saturated carbocycles. The molecule has 1 amide bonds. The summed E-state index contributed by atoms with van der Waals surface area (Å²) in [6, 6.07) is 33.2. The fourth-order valence-corrected chi connectivity index (χ4v) is 9.21. The van der Waals surface area contributed by atoms with Crippen molar-refractivity contribution in [3.05, 3.63) is 136 Å². The van der Waals surface area contributed by atoms with Gasteiger partial charge in [0.05, 0.1) is 24.0 Å². The fraction of sp³-hybridized carbons (Fsp3) is 0.273. The highest BCUT2D eigenvalue weighted by Gasteiger charge is 2.38. The van der Waals surface area contributed by atoms with Crippen LogP contribution in [-0.2, 0) is 27.8 Å². The number of nitrogens with one attached hydrogen (secondary N) is 2. The Hall–Kier alpha value is -6.31. The molecule has 0 unspecified atom stereocenters. The molecule has 3 N–H and O–H groups in total. The van der Waals surface area contributed by atoms with Crippen LogP contribution in [0.2, 0.25) is 0 Å². The number of aryl methyl sites for hydroxylation is 1. The minimum atomic E-state index is -5.08. The van der Waals surface area contributed by atoms with Crippen molar-refractivity contribution in [3.8, 4) is 22.6 Å². The SMILES string of the molecule is COc1ccc(-c2ccccc2CN2CCN3c4ccc(C(=O)NS(=O)(=O)c5ccc(NCCSc6ccccc6)c([N+](=O)[O-])c5)cc4CC[C@H]3C2)c(OC)c1.O=C(O)C(F)(F)F. The van der Waals surface area contributed by atoms with Gasteiger partial charge in [0, 0.05) is 78.4 Å². The van der Waals surface area contributed by atoms with Crippen LogP contribution in [0.3, 0.4) is 0 Å². The van der Waals surface area contributed by atoms with Crippen LogP contribution in [0.4, 0.5) is 30.2 Å². The lowest BCUT2D eigenvalue weighted by Crippen LogP contribution is -2.54. The summed E-state index contributed by atoms with van der Waals surface area (Å²) in [7, 11) is -1.10. The molecule has 5 aromatic rings. The van der Waals surface area contributed by atoms with Crippen molar-refractivity contribution in [2.24, 2.45) is 0 Å². The van der Waals surface area contributed by atoms with Crippen molar-refractivity contribution in [2.75, 3.05) is 56.4 Å². The number of amides is 1. The normalized spacial score (nSPS) is 14.9. The number of nitrogens with zero attached hydrogens (tertiary/aromatic N) is 3. The second-order valence-corrected chi connectivity index (χ2v) is 17.3. The average Bonchev–Trinajstić information content (AvgIpc) is 3.27. The third kappa shape index (κ3) is 11.6. The van der Waals surface area contributed by atoms with Gasteiger partial charge in [0.15, 0.2) is 0 Å². The number of carbonyl (C=O) groups is 2. The van der Waals surface area contributed by atoms with Gasteiger partial charge in [-0.2, -0.15) is 13.2 Å². The Morgan fingerprint density at radius 1 is 0.921 bits per heavy atom. The second-order valence-electron chi connectivity index (χ2n) is 14.4. The van der Waals surface area contributed by atoms with Crippen LogP contribution in [0, 0.1) is 10.1 Å². The zero-order chi connectivity index (χ0) is 45.3. The molecule has 14 nitrogen and oxygen atoms in total. The summed E-state index contributed by atoms with van der Waals surface area (Å²) in [5.41, 5.74) is 5.38. The predicted octanol–water partition coefficient (Wildman–Crippen LogP) is 7.87. The summed E-state index contributed by atoms with van der Waals surface area (Å²) in [4.78, 5) is 39.1. The molecular formula is C44H44F3N5O9S2. The number of hydrogen-bond donors (Lipinski definition) is 3. The summed E-state index contributed by atoms with van der Waals surface area (Å²) >= 11 is 1.60. The monoisotopic (exact) mass is 907 g/mol. The lowest BCUT2D eigenvalue weighted by atomic mass is 9.92. The van der Waals surface area contributed by atoms with E-state index in [1.54, 1.807) is 38.1 Å². The van der Waals surface area contributed by atoms with Crippen molar-refractivity contribution in [1.82, 2.24) is 9.62 Å². The molecule has 2 aliphatic rings. The molecular weight excluding hydrogens is 864 g/mol. The molecule has 63 heavy (non-hydrogen) atoms. The van der Waals surface area contributed by atoms with Crippen molar-refractivity contribution in [1.29, 1.82) is 0 Å². The molecule has 2 aliphatic heterocycles. The third-order valence-electron chi connectivity index (χ3n) is 10.5. The van der Waals surface area contributed by atoms with Gasteiger partial charge in [-0.3, -0.25) is 19.8 Å². The average molecular weight is 908 g/mol. The number of nitro benzene ring substituents is 1. The molecule has 0 radical (unpaired) electrons. The van der Waals surface area contributed by atoms with Crippen LogP contribution in [0.5, 0.6) is 11.5 Å². The van der Waals surface area contributed by atoms with Crippen molar-refractivity contribution in [2.45, 2.75) is 41.4 Å². The van der Waals surface area contributed by atoms with Crippen molar-refractivity contribution in [3.63, 3.8) is 0 Å². The van der Waals surface area contributed by atoms with E-state index in [0.717, 1.165) is 83.9 Å². The smallest absolute Gasteiger partial charge is 0.490 e. The summed E-state index contributed by atoms with van der Waals surface area (Å²) in [6.07, 6.45) is -3.46. The molecule has 1 saturated heterocycles. The number of thioether (sulfide) groups is 1. The van der Waals surface area contributed by atoms with Gasteiger partial charge in [-0.05, 0) is 84.1 Å². The number of nitro groups is 1. The summed E-state index contributed by atoms with van der Waals surface area (Å²) < 4.78 is 71.6. The van der Waals surface area contributed by atoms with Gasteiger partial charge in [0.2, 0.25) is 0 Å². The van der Waals surface area contributed by atoms with Crippen molar-refractivity contribution >= 4 is 50.7 Å². The number of alkyl halides is 3. The minimum absolute atomic E-state index is 0.196. The predicted molar refractivity (Wildman–Crippen MR) is 233 cm³/mol. The van der Waals surface area contributed by atoms with Crippen LogP contribution in [0.1, 0.15) is 27.9 Å². The molecule has 19 heteroatoms. The Bertz CT molecular complexity index is 2560. The van der Waals surface area contributed by atoms with E-state index < -0.39 is 38.7 Å². The maximum atomic E-state index is 13.3. The Kier molecular flexibility index (Phi) is 14.9. The van der Waals surface area contributed by atoms with Crippen LogP contribution in [-0.4, -0.2) is 93.6 Å². The molecule has 0 spiro atoms. The van der Waals surface area contributed by atoms with Gasteiger partial charge >= 0.3 is 12.1 Å². The van der Waals surface area contributed by atoms with Crippen molar-refractivity contribution < 1.29 is 50.7 Å². The first kappa shape index (κ1) is 46.2. The lowest BCUT2D eigenvalue weighted by Gasteiger charge is -2.46. The van der Waals surface area contributed by atoms with E-state index in [9.17, 15) is 36.5 Å². The summed E-state index contributed by atoms with van der Waals surface area (Å²) in [5.74, 6) is -1.41. The largest absolute Gasteiger partial charge is 0.497 e. The molecule has 0 aromatic heterocycles. The summed E-state index contributed by atoms with van der Waals surface area (Å²) in [6.45, 7) is 3.74. The molecule has 0 aliphatic carbocycles. The number of aliphatic carboxylic acids is 1. The minimum Gasteiger partial charge on any atom is -0.497 e. The highest BCUT2D eigenvalue weighted by molar-refractivity contribution is 7.99. The zero-order valence-electron chi connectivity index (χ0n) is 34.1. The fourth-order valence-electron chi connectivity index (χ4n) is 7.43. The van der Waals surface area contributed by atoms with E-state index in [0.29, 0.717) is 12.3 Å². The van der Waals surface area contributed by atoms with E-state index >= 15 is 0 Å². The van der Waals surface area contributed by atoms with E-state index in [1.165, 1.54) is 17.7 Å². The Balaban J connectivity index is 0.000000871. The standard InChI is InChI=1S/C42H43N5O7S2.C2HF3O2/c1-53-33-15-17-37(41(25-33)54-2)36-11-7-6-8-31(36)27-45-21-22-46-32(28-45)14-12-29-24-30(13-19-39(29)46)42(48)44-56(51,52)35-16-18-38(40(26-35)47(49)50)43-20-23-55-34-9-4-3-5-10-34;3-2(4,5)1(6)7/h3-11,13,15-19,24-26,32,43H,12,14,20-23,27-28H2,1-2H3,(H,44,48);(H,6,7)/t32-;/m0./s1. The molecule has 0 bridgehead atoms. The van der Waals surface area contributed by atoms with Gasteiger partial charge < -0.3 is 24.8 Å². The van der Waals surface area contributed by atoms with E-state index in [2.05, 4.69) is 38.0 Å². The van der Waals surface area contributed by atoms with Gasteiger partial charge in [0.25, 0.3) is 21.6 Å². The number of benzene rings is 5. The van der Waals surface area contributed by atoms with Crippen LogP contribution < -0.4 is 24.4 Å². The highest BCUT2D eigenvalue weighted by Crippen LogP contribution is 2.38. The lowest BCUT2D eigenvalue weighted by molar-refractivity contribution is -0.384. The Morgan fingerprint density at radius 2 is 1.65 bits per heavy atom. The number of ether oxygens (including phenoxy) is 2. The van der Waals surface area contributed by atoms with Gasteiger partial charge in [-0.15, -0.1) is 11.8 Å². The molecule has 1 fully saturated rings. The first-order valence-electron chi connectivity index (χ1n) is 19.6. The highest BCUT2D eigenvalue weighted by atomic mass is 32.2. The van der Waals surface area contributed by atoms with Gasteiger partial charge in [-0.25, -0.2) is 17.9 Å². The Morgan fingerprint density at radius 3 is 2.35 bits per heavy atom. The molecule has 5 aromatic carbocycles. The first-order chi connectivity index (χ1) is 30.1. The van der Waals surface area contributed by atoms with E-state index in [1.807, 2.05) is 60.7 Å². The topological polar surface area (TPSA) is 181 Å². The number of carboxylic acids is 1. The van der Waals surface area contributed by atoms with E-state index in [4.69, 9.17) is 19.4 Å². The number of halogens is 3. The van der Waals surface area contributed by atoms with Crippen LogP contribution in [0.15, 0.2) is 119 Å². The van der Waals surface area contributed by atoms with Gasteiger partial charge in [-0.1, -0.05) is 42.5 Å². The molecule has 332 valence electrons. The number of fused-ring (bicyclic) bond motifs is 3. The number of anilines is 2. The number of carbonyl (C=O) groups excluding carboxylic acids is 1. The first-order valence-corrected chi connectivity index (χ1v) is 22.0. The Labute approximate surface area is 366 Å². The van der Waals surface area contributed by atoms with Crippen LogP contribution >= 0.6 is 11.8 Å². The number of rotatable bonds is 14. The van der Waals surface area contributed by atoms with Gasteiger partial charge in [0.1, 0.15) is 17.2 Å². The maximum Gasteiger partial charge on any atom is 0.490 e. The van der Waals surface area contributed by atoms with E-state index in [-0.39, 0.29) is 22.2 Å². The number of hydrogen-bond acceptors (Lipinski definition) is 12. The number of methoxy groups -OCH3 is 2. The number of sulfonamides is 1. The zero-order valence-corrected chi connectivity index (χ0v) is 35.8. The summed E-state index contributed by atoms with van der Waals surface area (Å²) in [5, 5.41) is 22.1. The molecule has 2 heterocycles. The number of carboxylic acid groups (broad SMARTS) is 1. The third-order valence-corrected chi connectivity index (χ3v) is 12.8. The second kappa shape index (κ2) is 20.3. The van der Waals surface area contributed by atoms with Crippen LogP contribution in [0.25, 0.3) is 11.1 Å². The maximum absolute atomic E-state index is 13.3. The molecule has 1 atom stereocenters.